The first kappa shape index (κ1) is 16.6. The van der Waals surface area contributed by atoms with E-state index >= 15 is 0 Å². The number of ether oxygens (including phenoxy) is 1. The predicted octanol–water partition coefficient (Wildman–Crippen LogP) is 2.86. The molecule has 6 nitrogen and oxygen atoms in total. The maximum Gasteiger partial charge on any atom is 0.259 e. The Kier molecular flexibility index (Phi) is 5.41. The van der Waals surface area contributed by atoms with Gasteiger partial charge in [0, 0.05) is 11.3 Å². The number of nitrogens with one attached hydrogen (secondary N) is 2. The quantitative estimate of drug-likeness (QED) is 0.635. The van der Waals surface area contributed by atoms with Crippen LogP contribution in [0.25, 0.3) is 0 Å². The van der Waals surface area contributed by atoms with Crippen LogP contribution in [0.4, 0.5) is 5.69 Å². The van der Waals surface area contributed by atoms with Crippen LogP contribution in [0.5, 0.6) is 5.75 Å². The molecule has 1 aromatic carbocycles. The highest BCUT2D eigenvalue weighted by atomic mass is 16.5. The summed E-state index contributed by atoms with van der Waals surface area (Å²) in [5, 5.41) is 7.12. The molecule has 0 saturated carbocycles. The second kappa shape index (κ2) is 7.49. The van der Waals surface area contributed by atoms with E-state index in [-0.39, 0.29) is 12.5 Å². The Bertz CT molecular complexity index is 702. The Labute approximate surface area is 135 Å². The lowest BCUT2D eigenvalue weighted by Crippen LogP contribution is -2.26. The molecule has 6 heteroatoms. The molecule has 0 aliphatic rings. The fraction of sp³-hybridized carbons (Fsp3) is 0.294. The number of hydrogen-bond donors (Lipinski definition) is 2. The maximum atomic E-state index is 11.8. The smallest absolute Gasteiger partial charge is 0.259 e. The van der Waals surface area contributed by atoms with Gasteiger partial charge < -0.3 is 14.5 Å². The minimum Gasteiger partial charge on any atom is -0.497 e. The third kappa shape index (κ3) is 4.60. The summed E-state index contributed by atoms with van der Waals surface area (Å²) < 4.78 is 10.5. The average molecular weight is 315 g/mol. The van der Waals surface area contributed by atoms with Gasteiger partial charge in [0.1, 0.15) is 17.3 Å². The Balaban J connectivity index is 1.86. The summed E-state index contributed by atoms with van der Waals surface area (Å²) in [7, 11) is 1.61. The number of methoxy groups -OCH3 is 1. The van der Waals surface area contributed by atoms with Crippen molar-refractivity contribution in [1.82, 2.24) is 5.43 Å². The van der Waals surface area contributed by atoms with Crippen molar-refractivity contribution in [3.63, 3.8) is 0 Å². The van der Waals surface area contributed by atoms with Crippen molar-refractivity contribution in [2.75, 3.05) is 19.0 Å². The molecule has 0 spiro atoms. The molecule has 0 aliphatic heterocycles. The van der Waals surface area contributed by atoms with E-state index in [9.17, 15) is 4.79 Å². The van der Waals surface area contributed by atoms with Crippen LogP contribution in [-0.4, -0.2) is 25.3 Å². The number of nitrogens with zero attached hydrogens (tertiary/aromatic N) is 1. The van der Waals surface area contributed by atoms with Crippen LogP contribution in [0.3, 0.4) is 0 Å². The van der Waals surface area contributed by atoms with Gasteiger partial charge in [0.2, 0.25) is 0 Å². The van der Waals surface area contributed by atoms with Crippen molar-refractivity contribution < 1.29 is 13.9 Å². The number of benzene rings is 1. The zero-order valence-corrected chi connectivity index (χ0v) is 13.8. The SMILES string of the molecule is COc1ccc(NCC(=O)N/N=C(/C)c2cc(C)oc2C)cc1. The fourth-order valence-corrected chi connectivity index (χ4v) is 2.13. The molecule has 2 aromatic rings. The molecular formula is C17H21N3O3. The van der Waals surface area contributed by atoms with Crippen LogP contribution in [0, 0.1) is 13.8 Å². The number of amides is 1. The summed E-state index contributed by atoms with van der Waals surface area (Å²) >= 11 is 0. The Morgan fingerprint density at radius 3 is 2.52 bits per heavy atom. The molecule has 23 heavy (non-hydrogen) atoms. The minimum absolute atomic E-state index is 0.131. The molecule has 122 valence electrons. The molecule has 0 bridgehead atoms. The summed E-state index contributed by atoms with van der Waals surface area (Å²) in [6.45, 7) is 5.70. The predicted molar refractivity (Wildman–Crippen MR) is 90.0 cm³/mol. The lowest BCUT2D eigenvalue weighted by molar-refractivity contribution is -0.119. The standard InChI is InChI=1S/C17H21N3O3/c1-11-9-16(13(3)23-11)12(2)19-20-17(21)10-18-14-5-7-15(22-4)8-6-14/h5-9,18H,10H2,1-4H3,(H,20,21)/b19-12-. The van der Waals surface area contributed by atoms with Crippen LogP contribution in [-0.2, 0) is 4.79 Å². The fourth-order valence-electron chi connectivity index (χ4n) is 2.13. The van der Waals surface area contributed by atoms with Crippen LogP contribution in [0.15, 0.2) is 39.9 Å². The van der Waals surface area contributed by atoms with E-state index < -0.39 is 0 Å². The summed E-state index contributed by atoms with van der Waals surface area (Å²) in [6, 6.07) is 9.24. The molecule has 0 atom stereocenters. The zero-order chi connectivity index (χ0) is 16.8. The topological polar surface area (TPSA) is 75.9 Å². The second-order valence-corrected chi connectivity index (χ2v) is 5.14. The van der Waals surface area contributed by atoms with Gasteiger partial charge >= 0.3 is 0 Å². The van der Waals surface area contributed by atoms with Crippen LogP contribution < -0.4 is 15.5 Å². The molecule has 2 N–H and O–H groups in total. The van der Waals surface area contributed by atoms with Crippen molar-refractivity contribution in [3.8, 4) is 5.75 Å². The highest BCUT2D eigenvalue weighted by molar-refractivity contribution is 6.00. The average Bonchev–Trinajstić information content (AvgIpc) is 2.89. The normalized spacial score (nSPS) is 11.2. The summed E-state index contributed by atoms with van der Waals surface area (Å²) in [5.41, 5.74) is 4.97. The number of carbonyl (C=O) groups is 1. The third-order valence-corrected chi connectivity index (χ3v) is 3.32. The first-order valence-electron chi connectivity index (χ1n) is 7.28. The van der Waals surface area contributed by atoms with Crippen molar-refractivity contribution in [2.24, 2.45) is 5.10 Å². The third-order valence-electron chi connectivity index (χ3n) is 3.32. The van der Waals surface area contributed by atoms with Gasteiger partial charge in [-0.25, -0.2) is 5.43 Å². The molecular weight excluding hydrogens is 294 g/mol. The number of anilines is 1. The lowest BCUT2D eigenvalue weighted by atomic mass is 10.2. The largest absolute Gasteiger partial charge is 0.497 e. The van der Waals surface area contributed by atoms with Gasteiger partial charge in [0.25, 0.3) is 5.91 Å². The molecule has 1 aromatic heterocycles. The minimum atomic E-state index is -0.224. The van der Waals surface area contributed by atoms with Gasteiger partial charge in [-0.15, -0.1) is 0 Å². The van der Waals surface area contributed by atoms with Crippen molar-refractivity contribution >= 4 is 17.3 Å². The van der Waals surface area contributed by atoms with Crippen LogP contribution in [0.1, 0.15) is 24.0 Å². The summed E-state index contributed by atoms with van der Waals surface area (Å²) in [5.74, 6) is 2.15. The van der Waals surface area contributed by atoms with E-state index in [4.69, 9.17) is 9.15 Å². The number of hydrazone groups is 1. The van der Waals surface area contributed by atoms with Crippen molar-refractivity contribution in [1.29, 1.82) is 0 Å². The molecule has 1 amide bonds. The van der Waals surface area contributed by atoms with Gasteiger partial charge in [0.15, 0.2) is 0 Å². The van der Waals surface area contributed by atoms with Crippen LogP contribution >= 0.6 is 0 Å². The molecule has 0 unspecified atom stereocenters. The Hall–Kier alpha value is -2.76. The molecule has 1 heterocycles. The molecule has 0 aliphatic carbocycles. The molecule has 0 radical (unpaired) electrons. The van der Waals surface area contributed by atoms with E-state index in [0.717, 1.165) is 28.5 Å². The number of carbonyl (C=O) groups excluding carboxylic acids is 1. The molecule has 2 rings (SSSR count). The monoisotopic (exact) mass is 315 g/mol. The number of rotatable bonds is 6. The maximum absolute atomic E-state index is 11.8. The van der Waals surface area contributed by atoms with Crippen molar-refractivity contribution in [3.05, 3.63) is 47.4 Å². The van der Waals surface area contributed by atoms with E-state index in [0.29, 0.717) is 5.71 Å². The number of aryl methyl sites for hydroxylation is 2. The van der Waals surface area contributed by atoms with E-state index in [1.165, 1.54) is 0 Å². The Morgan fingerprint density at radius 2 is 1.96 bits per heavy atom. The highest BCUT2D eigenvalue weighted by Gasteiger charge is 2.08. The van der Waals surface area contributed by atoms with E-state index in [1.54, 1.807) is 7.11 Å². The summed E-state index contributed by atoms with van der Waals surface area (Å²) in [4.78, 5) is 11.8. The van der Waals surface area contributed by atoms with Crippen LogP contribution in [0.2, 0.25) is 0 Å². The second-order valence-electron chi connectivity index (χ2n) is 5.14. The lowest BCUT2D eigenvalue weighted by Gasteiger charge is -2.06. The number of hydrogen-bond acceptors (Lipinski definition) is 5. The van der Waals surface area contributed by atoms with Gasteiger partial charge in [-0.05, 0) is 51.1 Å². The first-order valence-corrected chi connectivity index (χ1v) is 7.28. The Morgan fingerprint density at radius 1 is 1.26 bits per heavy atom. The zero-order valence-electron chi connectivity index (χ0n) is 13.8. The summed E-state index contributed by atoms with van der Waals surface area (Å²) in [6.07, 6.45) is 0. The van der Waals surface area contributed by atoms with Gasteiger partial charge in [-0.1, -0.05) is 0 Å². The molecule has 0 saturated heterocycles. The number of furan rings is 1. The highest BCUT2D eigenvalue weighted by Crippen LogP contribution is 2.15. The van der Waals surface area contributed by atoms with Gasteiger partial charge in [-0.3, -0.25) is 4.79 Å². The van der Waals surface area contributed by atoms with Gasteiger partial charge in [0.05, 0.1) is 19.4 Å². The molecule has 0 fully saturated rings. The van der Waals surface area contributed by atoms with E-state index in [1.807, 2.05) is 51.1 Å². The van der Waals surface area contributed by atoms with E-state index in [2.05, 4.69) is 15.8 Å². The van der Waals surface area contributed by atoms with Crippen molar-refractivity contribution in [2.45, 2.75) is 20.8 Å². The van der Waals surface area contributed by atoms with Gasteiger partial charge in [-0.2, -0.15) is 5.10 Å². The first-order chi connectivity index (χ1) is 11.0.